The molecule has 16 heavy (non-hydrogen) atoms. The number of nitrogens with one attached hydrogen (secondary N) is 1. The van der Waals surface area contributed by atoms with Crippen molar-refractivity contribution < 1.29 is 5.11 Å². The fraction of sp³-hybridized carbons (Fsp3) is 0.571. The maximum Gasteiger partial charge on any atom is 0.0504 e. The maximum atomic E-state index is 9.40. The molecule has 0 unspecified atom stereocenters. The molecule has 0 saturated heterocycles. The Morgan fingerprint density at radius 1 is 1.31 bits per heavy atom. The van der Waals surface area contributed by atoms with E-state index in [0.717, 1.165) is 19.4 Å². The maximum absolute atomic E-state index is 9.40. The molecular formula is C14H21NO. The number of rotatable bonds is 4. The molecule has 0 aliphatic heterocycles. The molecule has 1 saturated carbocycles. The van der Waals surface area contributed by atoms with Crippen molar-refractivity contribution in [2.75, 3.05) is 18.5 Å². The minimum atomic E-state index is 0.149. The minimum absolute atomic E-state index is 0.149. The van der Waals surface area contributed by atoms with E-state index in [-0.39, 0.29) is 5.41 Å². The summed E-state index contributed by atoms with van der Waals surface area (Å²) in [5.41, 5.74) is 3.91. The average Bonchev–Trinajstić information content (AvgIpc) is 2.22. The highest BCUT2D eigenvalue weighted by Gasteiger charge is 2.35. The molecule has 0 aromatic heterocycles. The van der Waals surface area contributed by atoms with Gasteiger partial charge in [0.25, 0.3) is 0 Å². The number of aryl methyl sites for hydroxylation is 2. The molecule has 0 amide bonds. The molecule has 0 radical (unpaired) electrons. The van der Waals surface area contributed by atoms with E-state index in [1.54, 1.807) is 0 Å². The summed E-state index contributed by atoms with van der Waals surface area (Å²) in [5.74, 6) is 0. The van der Waals surface area contributed by atoms with E-state index in [1.807, 2.05) is 0 Å². The Labute approximate surface area is 97.7 Å². The summed E-state index contributed by atoms with van der Waals surface area (Å²) in [6.07, 6.45) is 3.57. The molecule has 0 atom stereocenters. The fourth-order valence-corrected chi connectivity index (χ4v) is 2.28. The third-order valence-corrected chi connectivity index (χ3v) is 3.80. The minimum Gasteiger partial charge on any atom is -0.396 e. The summed E-state index contributed by atoms with van der Waals surface area (Å²) < 4.78 is 0. The van der Waals surface area contributed by atoms with Crippen LogP contribution in [0.2, 0.25) is 0 Å². The molecule has 1 aromatic rings. The normalized spacial score (nSPS) is 17.9. The van der Waals surface area contributed by atoms with E-state index in [1.165, 1.54) is 23.2 Å². The zero-order chi connectivity index (χ0) is 11.6. The summed E-state index contributed by atoms with van der Waals surface area (Å²) >= 11 is 0. The largest absolute Gasteiger partial charge is 0.396 e. The van der Waals surface area contributed by atoms with Gasteiger partial charge in [0, 0.05) is 17.6 Å². The van der Waals surface area contributed by atoms with Crippen LogP contribution in [0.25, 0.3) is 0 Å². The van der Waals surface area contributed by atoms with E-state index >= 15 is 0 Å². The number of aliphatic hydroxyl groups excluding tert-OH is 1. The first kappa shape index (κ1) is 11.5. The first-order valence-corrected chi connectivity index (χ1v) is 6.07. The molecule has 0 spiro atoms. The molecule has 2 N–H and O–H groups in total. The Bertz CT molecular complexity index is 363. The van der Waals surface area contributed by atoms with Crippen LogP contribution < -0.4 is 5.32 Å². The smallest absolute Gasteiger partial charge is 0.0504 e. The van der Waals surface area contributed by atoms with Crippen LogP contribution in [0.3, 0.4) is 0 Å². The Morgan fingerprint density at radius 3 is 2.62 bits per heavy atom. The third kappa shape index (κ3) is 2.22. The van der Waals surface area contributed by atoms with Gasteiger partial charge in [-0.1, -0.05) is 18.6 Å². The van der Waals surface area contributed by atoms with Gasteiger partial charge in [0.05, 0.1) is 6.61 Å². The van der Waals surface area contributed by atoms with Crippen molar-refractivity contribution in [2.24, 2.45) is 5.41 Å². The van der Waals surface area contributed by atoms with E-state index in [0.29, 0.717) is 6.61 Å². The molecule has 1 aromatic carbocycles. The van der Waals surface area contributed by atoms with Crippen LogP contribution >= 0.6 is 0 Å². The lowest BCUT2D eigenvalue weighted by Gasteiger charge is -2.40. The Morgan fingerprint density at radius 2 is 2.06 bits per heavy atom. The van der Waals surface area contributed by atoms with E-state index in [2.05, 4.69) is 37.4 Å². The van der Waals surface area contributed by atoms with Crippen molar-refractivity contribution in [3.63, 3.8) is 0 Å². The standard InChI is InChI=1S/C14H21NO/c1-11-4-5-12(2)13(8-11)15-9-14(10-16)6-3-7-14/h4-5,8,15-16H,3,6-7,9-10H2,1-2H3. The molecule has 1 aliphatic carbocycles. The second-order valence-corrected chi connectivity index (χ2v) is 5.18. The number of aliphatic hydroxyl groups is 1. The molecule has 2 rings (SSSR count). The van der Waals surface area contributed by atoms with Gasteiger partial charge < -0.3 is 10.4 Å². The van der Waals surface area contributed by atoms with Crippen LogP contribution in [-0.2, 0) is 0 Å². The van der Waals surface area contributed by atoms with Gasteiger partial charge in [-0.2, -0.15) is 0 Å². The zero-order valence-electron chi connectivity index (χ0n) is 10.2. The van der Waals surface area contributed by atoms with Gasteiger partial charge in [-0.05, 0) is 43.9 Å². The quantitative estimate of drug-likeness (QED) is 0.816. The molecule has 2 heteroatoms. The molecule has 0 bridgehead atoms. The fourth-order valence-electron chi connectivity index (χ4n) is 2.28. The van der Waals surface area contributed by atoms with Gasteiger partial charge in [-0.25, -0.2) is 0 Å². The highest BCUT2D eigenvalue weighted by atomic mass is 16.3. The zero-order valence-corrected chi connectivity index (χ0v) is 10.2. The van der Waals surface area contributed by atoms with Gasteiger partial charge >= 0.3 is 0 Å². The van der Waals surface area contributed by atoms with E-state index in [4.69, 9.17) is 0 Å². The third-order valence-electron chi connectivity index (χ3n) is 3.80. The van der Waals surface area contributed by atoms with Crippen LogP contribution in [0.5, 0.6) is 0 Å². The monoisotopic (exact) mass is 219 g/mol. The molecule has 1 aliphatic rings. The van der Waals surface area contributed by atoms with Crippen molar-refractivity contribution in [1.29, 1.82) is 0 Å². The number of hydrogen-bond acceptors (Lipinski definition) is 2. The topological polar surface area (TPSA) is 32.3 Å². The second-order valence-electron chi connectivity index (χ2n) is 5.18. The summed E-state index contributed by atoms with van der Waals surface area (Å²) in [4.78, 5) is 0. The van der Waals surface area contributed by atoms with Crippen LogP contribution in [0.4, 0.5) is 5.69 Å². The van der Waals surface area contributed by atoms with Gasteiger partial charge in [0.2, 0.25) is 0 Å². The average molecular weight is 219 g/mol. The van der Waals surface area contributed by atoms with Crippen molar-refractivity contribution in [2.45, 2.75) is 33.1 Å². The first-order chi connectivity index (χ1) is 7.65. The van der Waals surface area contributed by atoms with Gasteiger partial charge in [-0.15, -0.1) is 0 Å². The van der Waals surface area contributed by atoms with Crippen molar-refractivity contribution in [1.82, 2.24) is 0 Å². The summed E-state index contributed by atoms with van der Waals surface area (Å²) in [6, 6.07) is 6.45. The van der Waals surface area contributed by atoms with Gasteiger partial charge in [0.15, 0.2) is 0 Å². The van der Waals surface area contributed by atoms with Crippen LogP contribution in [0.1, 0.15) is 30.4 Å². The number of benzene rings is 1. The van der Waals surface area contributed by atoms with E-state index < -0.39 is 0 Å². The first-order valence-electron chi connectivity index (χ1n) is 6.07. The van der Waals surface area contributed by atoms with Crippen LogP contribution in [0.15, 0.2) is 18.2 Å². The highest BCUT2D eigenvalue weighted by molar-refractivity contribution is 5.52. The molecule has 88 valence electrons. The summed E-state index contributed by atoms with van der Waals surface area (Å²) in [6.45, 7) is 5.43. The predicted molar refractivity (Wildman–Crippen MR) is 67.8 cm³/mol. The predicted octanol–water partition coefficient (Wildman–Crippen LogP) is 2.88. The number of anilines is 1. The Hall–Kier alpha value is -1.02. The van der Waals surface area contributed by atoms with Gasteiger partial charge in [-0.3, -0.25) is 0 Å². The van der Waals surface area contributed by atoms with E-state index in [9.17, 15) is 5.11 Å². The Balaban J connectivity index is 2.01. The summed E-state index contributed by atoms with van der Waals surface area (Å²) in [5, 5.41) is 12.9. The SMILES string of the molecule is Cc1ccc(C)c(NCC2(CO)CCC2)c1. The lowest BCUT2D eigenvalue weighted by molar-refractivity contribution is 0.0576. The lowest BCUT2D eigenvalue weighted by atomic mass is 9.69. The molecular weight excluding hydrogens is 198 g/mol. The van der Waals surface area contributed by atoms with Crippen molar-refractivity contribution in [3.8, 4) is 0 Å². The van der Waals surface area contributed by atoms with Gasteiger partial charge in [0.1, 0.15) is 0 Å². The summed E-state index contributed by atoms with van der Waals surface area (Å²) in [7, 11) is 0. The molecule has 1 fully saturated rings. The highest BCUT2D eigenvalue weighted by Crippen LogP contribution is 2.40. The Kier molecular flexibility index (Phi) is 3.20. The number of hydrogen-bond donors (Lipinski definition) is 2. The second kappa shape index (κ2) is 4.46. The lowest BCUT2D eigenvalue weighted by Crippen LogP contribution is -2.39. The van der Waals surface area contributed by atoms with Crippen LogP contribution in [-0.4, -0.2) is 18.3 Å². The van der Waals surface area contributed by atoms with Crippen molar-refractivity contribution >= 4 is 5.69 Å². The van der Waals surface area contributed by atoms with Crippen LogP contribution in [0, 0.1) is 19.3 Å². The molecule has 2 nitrogen and oxygen atoms in total. The van der Waals surface area contributed by atoms with Crippen molar-refractivity contribution in [3.05, 3.63) is 29.3 Å². The molecule has 0 heterocycles.